The number of rotatable bonds is 3. The highest BCUT2D eigenvalue weighted by molar-refractivity contribution is 9.10. The lowest BCUT2D eigenvalue weighted by atomic mass is 10.1. The van der Waals surface area contributed by atoms with Gasteiger partial charge in [-0.2, -0.15) is 0 Å². The van der Waals surface area contributed by atoms with Crippen molar-refractivity contribution in [2.24, 2.45) is 0 Å². The van der Waals surface area contributed by atoms with Crippen LogP contribution in [0.25, 0.3) is 11.2 Å². The van der Waals surface area contributed by atoms with E-state index in [2.05, 4.69) is 64.7 Å². The van der Waals surface area contributed by atoms with Gasteiger partial charge in [-0.15, -0.1) is 0 Å². The number of aromatic nitrogens is 4. The van der Waals surface area contributed by atoms with E-state index in [0.717, 1.165) is 0 Å². The first kappa shape index (κ1) is 22.3. The minimum absolute atomic E-state index is 0.0441. The van der Waals surface area contributed by atoms with Gasteiger partial charge in [0.25, 0.3) is 0 Å². The van der Waals surface area contributed by atoms with Gasteiger partial charge in [-0.1, -0.05) is 20.8 Å². The number of ether oxygens (including phenoxy) is 1. The zero-order chi connectivity index (χ0) is 22.1. The summed E-state index contributed by atoms with van der Waals surface area (Å²) >= 11 is 3.50. The van der Waals surface area contributed by atoms with E-state index in [-0.39, 0.29) is 17.5 Å². The van der Waals surface area contributed by atoms with Crippen LogP contribution >= 0.6 is 23.5 Å². The van der Waals surface area contributed by atoms with Crippen molar-refractivity contribution in [3.8, 4) is 0 Å². The highest BCUT2D eigenvalue weighted by Crippen LogP contribution is 2.55. The normalized spacial score (nSPS) is 32.5. The molecule has 2 unspecified atom stereocenters. The number of imidazole rings is 1. The van der Waals surface area contributed by atoms with E-state index < -0.39 is 40.5 Å². The Morgan fingerprint density at radius 3 is 2.73 bits per heavy atom. The second kappa shape index (κ2) is 7.33. The summed E-state index contributed by atoms with van der Waals surface area (Å²) in [7, 11) is -5.44. The molecule has 2 N–H and O–H groups in total. The van der Waals surface area contributed by atoms with Gasteiger partial charge in [0.15, 0.2) is 36.3 Å². The molecule has 0 radical (unpaired) electrons. The van der Waals surface area contributed by atoms with Crippen molar-refractivity contribution in [1.82, 2.24) is 19.5 Å². The van der Waals surface area contributed by atoms with Gasteiger partial charge in [0.05, 0.1) is 6.61 Å². The molecule has 2 saturated heterocycles. The Kier molecular flexibility index (Phi) is 5.45. The van der Waals surface area contributed by atoms with Crippen LogP contribution in [0.4, 0.5) is 5.82 Å². The number of hydrogen-bond acceptors (Lipinski definition) is 9. The summed E-state index contributed by atoms with van der Waals surface area (Å²) in [5.74, 6) is 0.273. The van der Waals surface area contributed by atoms with Crippen molar-refractivity contribution in [2.75, 3.05) is 19.0 Å². The number of fused-ring (bicyclic) bond motifs is 2. The molecule has 2 aromatic heterocycles. The van der Waals surface area contributed by atoms with E-state index in [0.29, 0.717) is 15.9 Å². The van der Waals surface area contributed by atoms with E-state index >= 15 is 0 Å². The summed E-state index contributed by atoms with van der Waals surface area (Å²) in [5, 5.41) is -0.0441. The smallest absolute Gasteiger partial charge is 0.328 e. The van der Waals surface area contributed by atoms with Gasteiger partial charge >= 0.3 is 7.60 Å². The lowest BCUT2D eigenvalue weighted by Crippen LogP contribution is -2.50. The molecule has 0 aromatic carbocycles. The summed E-state index contributed by atoms with van der Waals surface area (Å²) < 4.78 is 39.2. The molecule has 0 amide bonds. The Hall–Kier alpha value is -0.883. The maximum atomic E-state index is 12.6. The Balaban J connectivity index is 1.81. The number of hydrogen-bond donors (Lipinski definition) is 1. The molecule has 5 atom stereocenters. The Morgan fingerprint density at radius 1 is 1.37 bits per heavy atom. The number of nitrogens with two attached hydrogens (primary N) is 1. The predicted octanol–water partition coefficient (Wildman–Crippen LogP) is 3.70. The molecule has 13 heteroatoms. The molecule has 30 heavy (non-hydrogen) atoms. The number of nitrogen functional groups attached to an aromatic ring is 1. The average molecular weight is 520 g/mol. The summed E-state index contributed by atoms with van der Waals surface area (Å²) in [6.45, 7) is 12.4. The van der Waals surface area contributed by atoms with E-state index in [1.54, 1.807) is 4.57 Å². The first-order valence-corrected chi connectivity index (χ1v) is 15.4. The number of halogens is 1. The molecule has 0 aliphatic carbocycles. The van der Waals surface area contributed by atoms with Crippen LogP contribution in [-0.2, 0) is 22.8 Å². The van der Waals surface area contributed by atoms with Gasteiger partial charge in [0, 0.05) is 6.66 Å². The third kappa shape index (κ3) is 3.76. The zero-order valence-electron chi connectivity index (χ0n) is 17.8. The molecule has 2 fully saturated rings. The highest BCUT2D eigenvalue weighted by Gasteiger charge is 2.55. The minimum atomic E-state index is -3.20. The fourth-order valence-corrected chi connectivity index (χ4v) is 6.41. The summed E-state index contributed by atoms with van der Waals surface area (Å²) in [6.07, 6.45) is -0.747. The zero-order valence-corrected chi connectivity index (χ0v) is 21.3. The largest absolute Gasteiger partial charge is 0.407 e. The summed E-state index contributed by atoms with van der Waals surface area (Å²) in [5.41, 5.74) is 6.97. The minimum Gasteiger partial charge on any atom is -0.407 e. The first-order valence-electron chi connectivity index (χ1n) is 9.68. The van der Waals surface area contributed by atoms with Crippen molar-refractivity contribution in [3.63, 3.8) is 0 Å². The topological polar surface area (TPSA) is 124 Å². The fraction of sp³-hybridized carbons (Fsp3) is 0.706. The van der Waals surface area contributed by atoms with Crippen LogP contribution in [0.2, 0.25) is 18.1 Å². The summed E-state index contributed by atoms with van der Waals surface area (Å²) in [4.78, 5) is 12.8. The molecule has 0 bridgehead atoms. The number of anilines is 1. The SMILES string of the molecule is CC(C)(C)[Si](C)(C)O[C@H]1C2O[P@@](C)(=O)OCC2O[C@H]1n1c(Br)nc2c(N)ncnc21. The molecule has 4 heterocycles. The van der Waals surface area contributed by atoms with Crippen molar-refractivity contribution in [1.29, 1.82) is 0 Å². The van der Waals surface area contributed by atoms with Crippen molar-refractivity contribution in [3.05, 3.63) is 11.1 Å². The molecule has 2 aromatic rings. The van der Waals surface area contributed by atoms with Crippen molar-refractivity contribution < 1.29 is 22.8 Å². The standard InChI is InChI=1S/C17H27BrN5O5PSi/c1-17(2,3)30(5,6)28-12-11-9(7-25-29(4,24)27-11)26-15(12)23-14-10(22-16(23)18)13(19)20-8-21-14/h8-9,11-12,15H,7H2,1-6H3,(H2,19,20,21)/t9?,11?,12-,15+,29-/m0/s1. The quantitative estimate of drug-likeness (QED) is 0.367. The van der Waals surface area contributed by atoms with Crippen LogP contribution in [0.15, 0.2) is 11.1 Å². The van der Waals surface area contributed by atoms with Gasteiger partial charge in [-0.05, 0) is 34.1 Å². The van der Waals surface area contributed by atoms with E-state index in [4.69, 9.17) is 23.9 Å². The van der Waals surface area contributed by atoms with Crippen LogP contribution in [0.5, 0.6) is 0 Å². The molecule has 4 rings (SSSR count). The van der Waals surface area contributed by atoms with Crippen LogP contribution in [0.3, 0.4) is 0 Å². The van der Waals surface area contributed by atoms with Crippen molar-refractivity contribution in [2.45, 2.75) is 63.4 Å². The molecule has 166 valence electrons. The average Bonchev–Trinajstić information content (AvgIpc) is 3.11. The Bertz CT molecular complexity index is 1030. The third-order valence-corrected chi connectivity index (χ3v) is 12.3. The maximum absolute atomic E-state index is 12.6. The fourth-order valence-electron chi connectivity index (χ4n) is 3.41. The van der Waals surface area contributed by atoms with Crippen LogP contribution in [0.1, 0.15) is 27.0 Å². The Labute approximate surface area is 184 Å². The van der Waals surface area contributed by atoms with Gasteiger partial charge in [0.1, 0.15) is 24.6 Å². The predicted molar refractivity (Wildman–Crippen MR) is 118 cm³/mol. The molecule has 2 aliphatic rings. The van der Waals surface area contributed by atoms with Gasteiger partial charge in [-0.3, -0.25) is 13.7 Å². The lowest BCUT2D eigenvalue weighted by molar-refractivity contribution is -0.0581. The van der Waals surface area contributed by atoms with E-state index in [9.17, 15) is 4.57 Å². The van der Waals surface area contributed by atoms with Crippen LogP contribution in [-0.4, -0.2) is 59.4 Å². The first-order chi connectivity index (χ1) is 13.8. The van der Waals surface area contributed by atoms with Crippen LogP contribution in [0, 0.1) is 0 Å². The molecule has 10 nitrogen and oxygen atoms in total. The van der Waals surface area contributed by atoms with Crippen LogP contribution < -0.4 is 5.73 Å². The molecular formula is C17H27BrN5O5PSi. The van der Waals surface area contributed by atoms with Crippen molar-refractivity contribution >= 4 is 48.8 Å². The second-order valence-corrected chi connectivity index (χ2v) is 16.7. The molecule has 0 saturated carbocycles. The van der Waals surface area contributed by atoms with E-state index in [1.165, 1.54) is 13.0 Å². The maximum Gasteiger partial charge on any atom is 0.328 e. The van der Waals surface area contributed by atoms with E-state index in [1.807, 2.05) is 0 Å². The second-order valence-electron chi connectivity index (χ2n) is 9.23. The molecular weight excluding hydrogens is 493 g/mol. The highest BCUT2D eigenvalue weighted by atomic mass is 79.9. The molecule has 0 spiro atoms. The van der Waals surface area contributed by atoms with Gasteiger partial charge in [-0.25, -0.2) is 15.0 Å². The third-order valence-electron chi connectivity index (χ3n) is 6.03. The molecule has 2 aliphatic heterocycles. The number of nitrogens with zero attached hydrogens (tertiary/aromatic N) is 4. The monoisotopic (exact) mass is 519 g/mol. The van der Waals surface area contributed by atoms with Gasteiger partial charge < -0.3 is 19.4 Å². The lowest BCUT2D eigenvalue weighted by Gasteiger charge is -2.41. The summed E-state index contributed by atoms with van der Waals surface area (Å²) in [6, 6.07) is 0. The Morgan fingerprint density at radius 2 is 2.07 bits per heavy atom. The van der Waals surface area contributed by atoms with Gasteiger partial charge in [0.2, 0.25) is 0 Å².